The number of halogens is 2. The lowest BCUT2D eigenvalue weighted by Gasteiger charge is -2.48. The molecule has 2 aliphatic heterocycles. The molecule has 2 aromatic carbocycles. The first-order valence-electron chi connectivity index (χ1n) is 16.3. The number of pyridine rings is 1. The second kappa shape index (κ2) is 13.6. The number of rotatable bonds is 1. The van der Waals surface area contributed by atoms with Crippen LogP contribution < -0.4 is 14.4 Å². The van der Waals surface area contributed by atoms with E-state index in [1.165, 1.54) is 18.3 Å². The van der Waals surface area contributed by atoms with Crippen LogP contribution in [-0.4, -0.2) is 42.8 Å². The molecule has 1 saturated carbocycles. The Hall–Kier alpha value is -3.47. The maximum atomic E-state index is 15.3. The number of anilines is 1. The molecular weight excluding hydrogens is 641 g/mol. The number of carbonyl (C=O) groups is 1. The minimum atomic E-state index is -4.06. The van der Waals surface area contributed by atoms with Gasteiger partial charge in [-0.25, -0.2) is 17.5 Å². The van der Waals surface area contributed by atoms with Gasteiger partial charge in [0.05, 0.1) is 10.9 Å². The molecule has 2 N–H and O–H groups in total. The lowest BCUT2D eigenvalue weighted by Crippen LogP contribution is -2.49. The van der Waals surface area contributed by atoms with Crippen molar-refractivity contribution in [3.8, 4) is 5.75 Å². The molecule has 250 valence electrons. The number of aliphatic hydroxyl groups is 1. The van der Waals surface area contributed by atoms with E-state index in [1.54, 1.807) is 44.2 Å². The van der Waals surface area contributed by atoms with Crippen molar-refractivity contribution in [2.45, 2.75) is 69.8 Å². The zero-order valence-electron chi connectivity index (χ0n) is 26.7. The molecule has 2 bridgehead atoms. The van der Waals surface area contributed by atoms with Gasteiger partial charge in [0.15, 0.2) is 0 Å². The van der Waals surface area contributed by atoms with E-state index >= 15 is 4.39 Å². The average molecular weight is 682 g/mol. The van der Waals surface area contributed by atoms with Gasteiger partial charge in [-0.2, -0.15) is 0 Å². The van der Waals surface area contributed by atoms with Crippen molar-refractivity contribution in [1.82, 2.24) is 9.71 Å². The number of nitrogens with one attached hydrogen (secondary N) is 1. The summed E-state index contributed by atoms with van der Waals surface area (Å²) in [6, 6.07) is 13.6. The predicted molar refractivity (Wildman–Crippen MR) is 180 cm³/mol. The van der Waals surface area contributed by atoms with E-state index in [4.69, 9.17) is 16.3 Å². The number of nitrogens with zero attached hydrogens (tertiary/aromatic N) is 2. The number of aryl methyl sites for hydroxylation is 1. The zero-order chi connectivity index (χ0) is 33.3. The van der Waals surface area contributed by atoms with Crippen molar-refractivity contribution in [3.05, 3.63) is 100 Å². The molecule has 0 unspecified atom stereocenters. The number of hydrogen-bond donors (Lipinski definition) is 2. The summed E-state index contributed by atoms with van der Waals surface area (Å²) < 4.78 is 50.7. The van der Waals surface area contributed by atoms with Gasteiger partial charge in [0.25, 0.3) is 5.91 Å². The molecule has 5 atom stereocenters. The highest BCUT2D eigenvalue weighted by Gasteiger charge is 2.49. The molecule has 0 saturated heterocycles. The first kappa shape index (κ1) is 33.4. The van der Waals surface area contributed by atoms with Crippen LogP contribution in [0.1, 0.15) is 73.1 Å². The average Bonchev–Trinajstić information content (AvgIpc) is 3.05. The molecule has 1 aromatic heterocycles. The lowest BCUT2D eigenvalue weighted by molar-refractivity contribution is -0.0551. The number of aromatic nitrogens is 1. The maximum Gasteiger partial charge on any atom is 0.264 e. The van der Waals surface area contributed by atoms with E-state index in [1.807, 2.05) is 18.2 Å². The van der Waals surface area contributed by atoms with Gasteiger partial charge in [0.1, 0.15) is 29.5 Å². The number of benzene rings is 2. The summed E-state index contributed by atoms with van der Waals surface area (Å²) in [6.45, 7) is 4.76. The van der Waals surface area contributed by atoms with E-state index < -0.39 is 38.5 Å². The Morgan fingerprint density at radius 3 is 2.70 bits per heavy atom. The van der Waals surface area contributed by atoms with Crippen LogP contribution in [0.15, 0.2) is 66.9 Å². The third kappa shape index (κ3) is 6.91. The Labute approximate surface area is 281 Å². The van der Waals surface area contributed by atoms with Gasteiger partial charge >= 0.3 is 0 Å². The van der Waals surface area contributed by atoms with Crippen LogP contribution in [-0.2, 0) is 28.7 Å². The van der Waals surface area contributed by atoms with Gasteiger partial charge in [-0.15, -0.1) is 0 Å². The van der Waals surface area contributed by atoms with Crippen molar-refractivity contribution in [1.29, 1.82) is 0 Å². The van der Waals surface area contributed by atoms with E-state index in [0.29, 0.717) is 42.4 Å². The molecule has 3 heterocycles. The van der Waals surface area contributed by atoms with Gasteiger partial charge in [0.2, 0.25) is 10.0 Å². The van der Waals surface area contributed by atoms with Gasteiger partial charge < -0.3 is 14.7 Å². The number of carbonyl (C=O) groups excluding carboxylic acids is 1. The monoisotopic (exact) mass is 681 g/mol. The second-order valence-electron chi connectivity index (χ2n) is 13.2. The Balaban J connectivity index is 1.44. The third-order valence-corrected chi connectivity index (χ3v) is 12.4. The smallest absolute Gasteiger partial charge is 0.264 e. The fourth-order valence-corrected chi connectivity index (χ4v) is 8.51. The SMILES string of the molecule is C[C@@H]1[C@@H](C)C/C=C/[C@](O)(c2ncccc2F)[C@@H]2CC[C@H]2CN2CCCCc3cc(Cl)ccc3COc3ccc(cc32)C(=O)NS1(=O)=O. The summed E-state index contributed by atoms with van der Waals surface area (Å²) in [5.74, 6) is -1.52. The molecule has 1 amide bonds. The van der Waals surface area contributed by atoms with E-state index in [-0.39, 0.29) is 29.7 Å². The van der Waals surface area contributed by atoms with Crippen LogP contribution in [0.4, 0.5) is 10.1 Å². The highest BCUT2D eigenvalue weighted by molar-refractivity contribution is 7.90. The number of ether oxygens (including phenoxy) is 1. The van der Waals surface area contributed by atoms with Gasteiger partial charge in [-0.1, -0.05) is 36.7 Å². The van der Waals surface area contributed by atoms with Crippen molar-refractivity contribution in [2.75, 3.05) is 18.0 Å². The van der Waals surface area contributed by atoms with E-state index in [9.17, 15) is 18.3 Å². The minimum absolute atomic E-state index is 0.0258. The van der Waals surface area contributed by atoms with Crippen LogP contribution >= 0.6 is 11.6 Å². The Morgan fingerprint density at radius 2 is 1.94 bits per heavy atom. The topological polar surface area (TPSA) is 109 Å². The summed E-state index contributed by atoms with van der Waals surface area (Å²) in [5, 5.41) is 12.0. The number of amides is 1. The Bertz CT molecular complexity index is 1790. The molecule has 6 rings (SSSR count). The predicted octanol–water partition coefficient (Wildman–Crippen LogP) is 6.55. The Morgan fingerprint density at radius 1 is 1.11 bits per heavy atom. The van der Waals surface area contributed by atoms with Crippen molar-refractivity contribution < 1.29 is 27.4 Å². The summed E-state index contributed by atoms with van der Waals surface area (Å²) in [5.41, 5.74) is 1.27. The molecule has 3 aliphatic rings. The second-order valence-corrected chi connectivity index (χ2v) is 15.7. The third-order valence-electron chi connectivity index (χ3n) is 10.2. The van der Waals surface area contributed by atoms with Gasteiger partial charge in [-0.05, 0) is 111 Å². The van der Waals surface area contributed by atoms with Gasteiger partial charge in [-0.3, -0.25) is 9.78 Å². The largest absolute Gasteiger partial charge is 0.487 e. The molecule has 0 spiro atoms. The van der Waals surface area contributed by atoms with Crippen molar-refractivity contribution in [2.24, 2.45) is 17.8 Å². The summed E-state index contributed by atoms with van der Waals surface area (Å²) in [6.07, 6.45) is 9.09. The number of allylic oxidation sites excluding steroid dienone is 1. The molecule has 3 aromatic rings. The highest BCUT2D eigenvalue weighted by atomic mass is 35.5. The first-order chi connectivity index (χ1) is 22.5. The van der Waals surface area contributed by atoms with E-state index in [0.717, 1.165) is 36.8 Å². The molecule has 1 fully saturated rings. The summed E-state index contributed by atoms with van der Waals surface area (Å²) in [7, 11) is -4.06. The molecule has 1 aliphatic carbocycles. The van der Waals surface area contributed by atoms with Crippen molar-refractivity contribution in [3.63, 3.8) is 0 Å². The molecule has 8 nitrogen and oxygen atoms in total. The van der Waals surface area contributed by atoms with Gasteiger partial charge in [0, 0.05) is 35.8 Å². The zero-order valence-corrected chi connectivity index (χ0v) is 28.2. The molecule has 47 heavy (non-hydrogen) atoms. The maximum absolute atomic E-state index is 15.3. The standard InChI is InChI=1S/C36H41ClFN3O5S/c1-23-7-5-16-36(43,34-31(38)9-6-17-39-34)30-14-11-27(30)21-41-18-4-3-8-25-19-29(37)13-10-28(25)22-46-33-15-12-26(20-32(33)41)35(42)40-47(44,45)24(23)2/h5-6,9-10,12-13,15-17,19-20,23-24,27,30,43H,3-4,7-8,11,14,18,21-22H2,1-2H3,(H,40,42)/b16-5+/t23-,24+,27-,30+,36+/m0/s1. The summed E-state index contributed by atoms with van der Waals surface area (Å²) >= 11 is 6.33. The van der Waals surface area contributed by atoms with Crippen molar-refractivity contribution >= 4 is 33.2 Å². The normalized spacial score (nSPS) is 28.7. The fraction of sp³-hybridized carbons (Fsp3) is 0.444. The quantitative estimate of drug-likeness (QED) is 0.280. The van der Waals surface area contributed by atoms with Crippen LogP contribution in [0, 0.1) is 23.6 Å². The minimum Gasteiger partial charge on any atom is -0.487 e. The van der Waals surface area contributed by atoms with Crippen LogP contribution in [0.25, 0.3) is 0 Å². The number of hydrogen-bond acceptors (Lipinski definition) is 7. The van der Waals surface area contributed by atoms with Crippen LogP contribution in [0.2, 0.25) is 5.02 Å². The highest BCUT2D eigenvalue weighted by Crippen LogP contribution is 2.49. The molecule has 0 radical (unpaired) electrons. The molecular formula is C36H41ClFN3O5S. The number of fused-ring (bicyclic) bond motifs is 3. The Kier molecular flexibility index (Phi) is 9.65. The summed E-state index contributed by atoms with van der Waals surface area (Å²) in [4.78, 5) is 19.9. The number of sulfonamides is 1. The van der Waals surface area contributed by atoms with Crippen LogP contribution in [0.5, 0.6) is 5.75 Å². The molecule has 11 heteroatoms. The fourth-order valence-electron chi connectivity index (χ4n) is 7.03. The first-order valence-corrected chi connectivity index (χ1v) is 18.2. The van der Waals surface area contributed by atoms with Crippen LogP contribution in [0.3, 0.4) is 0 Å². The lowest BCUT2D eigenvalue weighted by atomic mass is 9.63. The van der Waals surface area contributed by atoms with E-state index in [2.05, 4.69) is 14.6 Å².